The van der Waals surface area contributed by atoms with Crippen LogP contribution in [0.2, 0.25) is 5.02 Å². The molecule has 1 aromatic rings. The lowest BCUT2D eigenvalue weighted by Gasteiger charge is -2.18. The Balaban J connectivity index is 2.51. The molecule has 0 aliphatic rings. The van der Waals surface area contributed by atoms with Gasteiger partial charge in [-0.1, -0.05) is 17.7 Å². The first-order valence-corrected chi connectivity index (χ1v) is 9.00. The minimum Gasteiger partial charge on any atom is -0.496 e. The molecule has 25 heavy (non-hydrogen) atoms. The Hall–Kier alpha value is -1.50. The van der Waals surface area contributed by atoms with Crippen LogP contribution in [0.15, 0.2) is 23.2 Å². The second-order valence-electron chi connectivity index (χ2n) is 5.73. The van der Waals surface area contributed by atoms with Gasteiger partial charge < -0.3 is 25.0 Å². The molecular formula is C18H31ClN4O2. The van der Waals surface area contributed by atoms with Gasteiger partial charge in [-0.2, -0.15) is 0 Å². The van der Waals surface area contributed by atoms with Gasteiger partial charge in [0.1, 0.15) is 5.75 Å². The number of methoxy groups -OCH3 is 2. The Morgan fingerprint density at radius 2 is 2.04 bits per heavy atom. The van der Waals surface area contributed by atoms with E-state index in [1.54, 1.807) is 14.2 Å². The smallest absolute Gasteiger partial charge is 0.191 e. The highest BCUT2D eigenvalue weighted by Crippen LogP contribution is 2.23. The molecule has 0 radical (unpaired) electrons. The number of aliphatic imine (C=N–C) groups is 1. The molecule has 0 spiro atoms. The molecule has 0 fully saturated rings. The van der Waals surface area contributed by atoms with Crippen molar-refractivity contribution in [2.24, 2.45) is 4.99 Å². The van der Waals surface area contributed by atoms with E-state index in [-0.39, 0.29) is 0 Å². The van der Waals surface area contributed by atoms with Crippen molar-refractivity contribution in [1.82, 2.24) is 15.5 Å². The number of nitrogens with zero attached hydrogens (tertiary/aromatic N) is 2. The molecule has 1 rings (SSSR count). The zero-order valence-electron chi connectivity index (χ0n) is 15.8. The first kappa shape index (κ1) is 21.5. The number of guanidine groups is 1. The van der Waals surface area contributed by atoms with Gasteiger partial charge in [-0.25, -0.2) is 4.99 Å². The van der Waals surface area contributed by atoms with Crippen LogP contribution in [-0.4, -0.2) is 64.9 Å². The second-order valence-corrected chi connectivity index (χ2v) is 6.16. The quantitative estimate of drug-likeness (QED) is 0.356. The average Bonchev–Trinajstić information content (AvgIpc) is 2.60. The Labute approximate surface area is 156 Å². The molecule has 1 aromatic carbocycles. The predicted molar refractivity (Wildman–Crippen MR) is 105 cm³/mol. The molecule has 0 aromatic heterocycles. The second kappa shape index (κ2) is 12.8. The first-order chi connectivity index (χ1) is 12.1. The molecule has 0 unspecified atom stereocenters. The van der Waals surface area contributed by atoms with E-state index in [4.69, 9.17) is 21.1 Å². The van der Waals surface area contributed by atoms with E-state index < -0.39 is 0 Å². The van der Waals surface area contributed by atoms with Gasteiger partial charge >= 0.3 is 0 Å². The van der Waals surface area contributed by atoms with Crippen molar-refractivity contribution in [2.75, 3.05) is 54.1 Å². The average molecular weight is 371 g/mol. The topological polar surface area (TPSA) is 58.1 Å². The minimum atomic E-state index is 0.527. The van der Waals surface area contributed by atoms with E-state index in [1.807, 2.05) is 18.2 Å². The molecule has 0 saturated heterocycles. The summed E-state index contributed by atoms with van der Waals surface area (Å²) in [5.74, 6) is 1.55. The van der Waals surface area contributed by atoms with Crippen LogP contribution in [0.5, 0.6) is 5.75 Å². The summed E-state index contributed by atoms with van der Waals surface area (Å²) in [6, 6.07) is 5.60. The standard InChI is InChI=1S/C18H31ClN4O2/c1-5-20-18(21-9-11-23(2)10-6-12-24-3)22-14-15-7-8-16(19)13-17(15)25-4/h7-8,13H,5-6,9-12,14H2,1-4H3,(H2,20,21,22). The maximum Gasteiger partial charge on any atom is 0.191 e. The van der Waals surface area contributed by atoms with E-state index in [9.17, 15) is 0 Å². The summed E-state index contributed by atoms with van der Waals surface area (Å²) in [4.78, 5) is 6.90. The van der Waals surface area contributed by atoms with Crippen molar-refractivity contribution >= 4 is 17.6 Å². The van der Waals surface area contributed by atoms with Crippen molar-refractivity contribution in [3.05, 3.63) is 28.8 Å². The molecule has 6 nitrogen and oxygen atoms in total. The molecule has 7 heteroatoms. The molecular weight excluding hydrogens is 340 g/mol. The third-order valence-corrected chi connectivity index (χ3v) is 3.91. The van der Waals surface area contributed by atoms with Crippen LogP contribution in [0.3, 0.4) is 0 Å². The van der Waals surface area contributed by atoms with Gasteiger partial charge in [-0.05, 0) is 32.5 Å². The number of hydrogen-bond acceptors (Lipinski definition) is 4. The van der Waals surface area contributed by atoms with Crippen LogP contribution in [0.4, 0.5) is 0 Å². The Bertz CT molecular complexity index is 526. The molecule has 0 aliphatic heterocycles. The molecule has 0 aliphatic carbocycles. The highest BCUT2D eigenvalue weighted by Gasteiger charge is 2.05. The van der Waals surface area contributed by atoms with Crippen LogP contribution in [0, 0.1) is 0 Å². The minimum absolute atomic E-state index is 0.527. The summed E-state index contributed by atoms with van der Waals surface area (Å²) in [6.45, 7) is 6.98. The molecule has 0 bridgehead atoms. The van der Waals surface area contributed by atoms with E-state index in [1.165, 1.54) is 0 Å². The number of rotatable bonds is 11. The van der Waals surface area contributed by atoms with Crippen molar-refractivity contribution in [3.63, 3.8) is 0 Å². The fourth-order valence-corrected chi connectivity index (χ4v) is 2.47. The first-order valence-electron chi connectivity index (χ1n) is 8.62. The molecule has 2 N–H and O–H groups in total. The molecule has 0 atom stereocenters. The zero-order chi connectivity index (χ0) is 18.5. The molecule has 0 heterocycles. The monoisotopic (exact) mass is 370 g/mol. The van der Waals surface area contributed by atoms with Crippen LogP contribution in [0.25, 0.3) is 0 Å². The maximum atomic E-state index is 6.00. The van der Waals surface area contributed by atoms with Crippen LogP contribution < -0.4 is 15.4 Å². The summed E-state index contributed by atoms with van der Waals surface area (Å²) in [5, 5.41) is 7.28. The lowest BCUT2D eigenvalue weighted by Crippen LogP contribution is -2.41. The predicted octanol–water partition coefficient (Wildman–Crippen LogP) is 2.37. The third kappa shape index (κ3) is 8.95. The summed E-state index contributed by atoms with van der Waals surface area (Å²) < 4.78 is 10.4. The third-order valence-electron chi connectivity index (χ3n) is 3.68. The van der Waals surface area contributed by atoms with Crippen molar-refractivity contribution in [1.29, 1.82) is 0 Å². The van der Waals surface area contributed by atoms with Gasteiger partial charge in [0.25, 0.3) is 0 Å². The summed E-state index contributed by atoms with van der Waals surface area (Å²) >= 11 is 6.00. The summed E-state index contributed by atoms with van der Waals surface area (Å²) in [7, 11) is 5.48. The normalized spacial score (nSPS) is 11.7. The zero-order valence-corrected chi connectivity index (χ0v) is 16.5. The van der Waals surface area contributed by atoms with E-state index in [0.29, 0.717) is 11.6 Å². The molecule has 0 amide bonds. The van der Waals surface area contributed by atoms with E-state index >= 15 is 0 Å². The van der Waals surface area contributed by atoms with Gasteiger partial charge in [0.05, 0.1) is 13.7 Å². The van der Waals surface area contributed by atoms with Gasteiger partial charge in [0.15, 0.2) is 5.96 Å². The Kier molecular flexibility index (Phi) is 11.0. The molecule has 142 valence electrons. The number of halogens is 1. The lowest BCUT2D eigenvalue weighted by atomic mass is 10.2. The Morgan fingerprint density at radius 1 is 1.24 bits per heavy atom. The van der Waals surface area contributed by atoms with Crippen molar-refractivity contribution in [2.45, 2.75) is 19.9 Å². The highest BCUT2D eigenvalue weighted by atomic mass is 35.5. The number of nitrogens with one attached hydrogen (secondary N) is 2. The van der Waals surface area contributed by atoms with E-state index in [2.05, 4.69) is 34.5 Å². The summed E-state index contributed by atoms with van der Waals surface area (Å²) in [6.07, 6.45) is 1.04. The van der Waals surface area contributed by atoms with Crippen LogP contribution in [-0.2, 0) is 11.3 Å². The number of benzene rings is 1. The number of hydrogen-bond donors (Lipinski definition) is 2. The fourth-order valence-electron chi connectivity index (χ4n) is 2.31. The van der Waals surface area contributed by atoms with Gasteiger partial charge in [-0.15, -0.1) is 0 Å². The van der Waals surface area contributed by atoms with Crippen LogP contribution >= 0.6 is 11.6 Å². The molecule has 0 saturated carbocycles. The SMILES string of the molecule is CCNC(=NCc1ccc(Cl)cc1OC)NCCN(C)CCCOC. The van der Waals surface area contributed by atoms with Gasteiger partial charge in [-0.3, -0.25) is 0 Å². The fraction of sp³-hybridized carbons (Fsp3) is 0.611. The summed E-state index contributed by atoms with van der Waals surface area (Å²) in [5.41, 5.74) is 1.00. The van der Waals surface area contributed by atoms with Gasteiger partial charge in [0.2, 0.25) is 0 Å². The highest BCUT2D eigenvalue weighted by molar-refractivity contribution is 6.30. The lowest BCUT2D eigenvalue weighted by molar-refractivity contribution is 0.180. The van der Waals surface area contributed by atoms with Crippen molar-refractivity contribution < 1.29 is 9.47 Å². The maximum absolute atomic E-state index is 6.00. The Morgan fingerprint density at radius 3 is 2.72 bits per heavy atom. The van der Waals surface area contributed by atoms with Crippen molar-refractivity contribution in [3.8, 4) is 5.75 Å². The van der Waals surface area contributed by atoms with Gasteiger partial charge in [0, 0.05) is 50.5 Å². The van der Waals surface area contributed by atoms with Crippen LogP contribution in [0.1, 0.15) is 18.9 Å². The number of likely N-dealkylation sites (N-methyl/N-ethyl adjacent to an activating group) is 1. The number of ether oxygens (including phenoxy) is 2. The largest absolute Gasteiger partial charge is 0.496 e. The van der Waals surface area contributed by atoms with E-state index in [0.717, 1.165) is 56.5 Å².